The van der Waals surface area contributed by atoms with Gasteiger partial charge >= 0.3 is 0 Å². The molecule has 3 N–H and O–H groups in total. The third-order valence-electron chi connectivity index (χ3n) is 3.47. The summed E-state index contributed by atoms with van der Waals surface area (Å²) in [5.74, 6) is 0.281. The highest BCUT2D eigenvalue weighted by molar-refractivity contribution is 5.84. The molecule has 17 heavy (non-hydrogen) atoms. The lowest BCUT2D eigenvalue weighted by molar-refractivity contribution is 0.0528. The molecule has 0 radical (unpaired) electrons. The van der Waals surface area contributed by atoms with Crippen LogP contribution >= 0.6 is 0 Å². The fraction of sp³-hybridized carbons (Fsp3) is 0.909. The Hall–Kier alpha value is -0.850. The van der Waals surface area contributed by atoms with E-state index in [0.29, 0.717) is 6.04 Å². The molecule has 1 aliphatic heterocycles. The predicted octanol–water partition coefficient (Wildman–Crippen LogP) is -0.226. The van der Waals surface area contributed by atoms with Gasteiger partial charge in [0.1, 0.15) is 0 Å². The molecule has 6 nitrogen and oxygen atoms in total. The zero-order valence-electron chi connectivity index (χ0n) is 11.0. The van der Waals surface area contributed by atoms with Crippen molar-refractivity contribution >= 4 is 5.84 Å². The molecular weight excluding hydrogens is 220 g/mol. The van der Waals surface area contributed by atoms with Crippen LogP contribution < -0.4 is 5.73 Å². The summed E-state index contributed by atoms with van der Waals surface area (Å²) in [5.41, 5.74) is 5.61. The van der Waals surface area contributed by atoms with Gasteiger partial charge in [-0.15, -0.1) is 0 Å². The molecule has 0 amide bonds. The van der Waals surface area contributed by atoms with Crippen LogP contribution in [0.4, 0.5) is 0 Å². The van der Waals surface area contributed by atoms with Crippen LogP contribution in [0, 0.1) is 0 Å². The molecule has 0 spiro atoms. The number of rotatable bonds is 5. The van der Waals surface area contributed by atoms with Crippen molar-refractivity contribution in [3.05, 3.63) is 0 Å². The Kier molecular flexibility index (Phi) is 5.67. The number of methoxy groups -OCH3 is 1. The second kappa shape index (κ2) is 6.78. The maximum Gasteiger partial charge on any atom is 0.156 e. The number of hydrogen-bond donors (Lipinski definition) is 2. The largest absolute Gasteiger partial charge is 0.409 e. The first-order valence-electron chi connectivity index (χ1n) is 6.04. The van der Waals surface area contributed by atoms with Crippen LogP contribution in [0.15, 0.2) is 5.16 Å². The van der Waals surface area contributed by atoms with Crippen LogP contribution in [0.3, 0.4) is 0 Å². The van der Waals surface area contributed by atoms with Crippen molar-refractivity contribution in [1.29, 1.82) is 0 Å². The van der Waals surface area contributed by atoms with E-state index in [-0.39, 0.29) is 11.9 Å². The smallest absolute Gasteiger partial charge is 0.156 e. The molecule has 2 unspecified atom stereocenters. The van der Waals surface area contributed by atoms with Crippen molar-refractivity contribution in [2.24, 2.45) is 10.9 Å². The summed E-state index contributed by atoms with van der Waals surface area (Å²) < 4.78 is 5.16. The fourth-order valence-corrected chi connectivity index (χ4v) is 2.18. The van der Waals surface area contributed by atoms with E-state index in [1.165, 1.54) is 0 Å². The highest BCUT2D eigenvalue weighted by Crippen LogP contribution is 2.09. The molecule has 2 atom stereocenters. The van der Waals surface area contributed by atoms with E-state index in [9.17, 15) is 0 Å². The standard InChI is InChI=1S/C11H24N4O2/c1-9(8-17-3)14-4-6-15(7-5-14)10(2)11(12)13-16/h9-10,16H,4-8H2,1-3H3,(H2,12,13). The molecule has 6 heteroatoms. The zero-order chi connectivity index (χ0) is 12.8. The summed E-state index contributed by atoms with van der Waals surface area (Å²) in [6.45, 7) is 8.75. The van der Waals surface area contributed by atoms with Crippen LogP contribution in [0.2, 0.25) is 0 Å². The number of nitrogens with two attached hydrogens (primary N) is 1. The van der Waals surface area contributed by atoms with Gasteiger partial charge in [-0.2, -0.15) is 0 Å². The number of piperazine rings is 1. The summed E-state index contributed by atoms with van der Waals surface area (Å²) in [5, 5.41) is 11.7. The third kappa shape index (κ3) is 3.83. The number of oxime groups is 1. The van der Waals surface area contributed by atoms with Crippen LogP contribution in [-0.2, 0) is 4.74 Å². The van der Waals surface area contributed by atoms with E-state index in [1.54, 1.807) is 7.11 Å². The second-order valence-electron chi connectivity index (χ2n) is 4.58. The van der Waals surface area contributed by atoms with Crippen LogP contribution in [0.25, 0.3) is 0 Å². The van der Waals surface area contributed by atoms with Gasteiger partial charge < -0.3 is 15.7 Å². The minimum atomic E-state index is -0.000110. The second-order valence-corrected chi connectivity index (χ2v) is 4.58. The normalized spacial score (nSPS) is 23.6. The van der Waals surface area contributed by atoms with Gasteiger partial charge in [0.25, 0.3) is 0 Å². The molecule has 0 saturated carbocycles. The molecule has 0 aliphatic carbocycles. The van der Waals surface area contributed by atoms with Crippen molar-refractivity contribution in [1.82, 2.24) is 9.80 Å². The number of amidine groups is 1. The molecule has 1 saturated heterocycles. The van der Waals surface area contributed by atoms with Gasteiger partial charge in [0.15, 0.2) is 5.84 Å². The Bertz CT molecular complexity index is 252. The first kappa shape index (κ1) is 14.2. The highest BCUT2D eigenvalue weighted by Gasteiger charge is 2.25. The summed E-state index contributed by atoms with van der Waals surface area (Å²) in [6.07, 6.45) is 0. The first-order valence-corrected chi connectivity index (χ1v) is 6.04. The van der Waals surface area contributed by atoms with Gasteiger partial charge in [0.2, 0.25) is 0 Å². The number of hydrogen-bond acceptors (Lipinski definition) is 5. The van der Waals surface area contributed by atoms with Crippen molar-refractivity contribution in [2.75, 3.05) is 39.9 Å². The molecule has 1 heterocycles. The quantitative estimate of drug-likeness (QED) is 0.302. The van der Waals surface area contributed by atoms with Crippen LogP contribution in [0.1, 0.15) is 13.8 Å². The zero-order valence-corrected chi connectivity index (χ0v) is 11.0. The van der Waals surface area contributed by atoms with Crippen LogP contribution in [-0.4, -0.2) is 72.8 Å². The molecule has 1 fully saturated rings. The van der Waals surface area contributed by atoms with E-state index in [0.717, 1.165) is 32.8 Å². The van der Waals surface area contributed by atoms with Crippen molar-refractivity contribution in [3.63, 3.8) is 0 Å². The molecule has 0 aromatic heterocycles. The van der Waals surface area contributed by atoms with Crippen molar-refractivity contribution in [3.8, 4) is 0 Å². The van der Waals surface area contributed by atoms with Crippen molar-refractivity contribution in [2.45, 2.75) is 25.9 Å². The topological polar surface area (TPSA) is 74.3 Å². The Morgan fingerprint density at radius 2 is 1.82 bits per heavy atom. The molecule has 0 aromatic carbocycles. The Labute approximate surface area is 103 Å². The Balaban J connectivity index is 2.40. The SMILES string of the molecule is COCC(C)N1CCN(C(C)C(N)=NO)CC1. The lowest BCUT2D eigenvalue weighted by atomic mass is 10.2. The van der Waals surface area contributed by atoms with Gasteiger partial charge in [-0.3, -0.25) is 9.80 Å². The van der Waals surface area contributed by atoms with E-state index >= 15 is 0 Å². The van der Waals surface area contributed by atoms with Gasteiger partial charge in [0, 0.05) is 39.3 Å². The van der Waals surface area contributed by atoms with E-state index in [2.05, 4.69) is 21.9 Å². The first-order chi connectivity index (χ1) is 8.10. The maximum absolute atomic E-state index is 8.66. The maximum atomic E-state index is 8.66. The monoisotopic (exact) mass is 244 g/mol. The lowest BCUT2D eigenvalue weighted by Gasteiger charge is -2.39. The Morgan fingerprint density at radius 1 is 1.29 bits per heavy atom. The fourth-order valence-electron chi connectivity index (χ4n) is 2.18. The Morgan fingerprint density at radius 3 is 2.29 bits per heavy atom. The summed E-state index contributed by atoms with van der Waals surface area (Å²) in [4.78, 5) is 4.63. The average molecular weight is 244 g/mol. The van der Waals surface area contributed by atoms with Gasteiger partial charge in [0.05, 0.1) is 12.6 Å². The number of ether oxygens (including phenoxy) is 1. The van der Waals surface area contributed by atoms with Gasteiger partial charge in [-0.25, -0.2) is 0 Å². The molecule has 0 bridgehead atoms. The molecule has 0 aromatic rings. The van der Waals surface area contributed by atoms with E-state index < -0.39 is 0 Å². The number of nitrogens with zero attached hydrogens (tertiary/aromatic N) is 3. The molecule has 1 aliphatic rings. The summed E-state index contributed by atoms with van der Waals surface area (Å²) in [6, 6.07) is 0.446. The van der Waals surface area contributed by atoms with Gasteiger partial charge in [-0.1, -0.05) is 5.16 Å². The predicted molar refractivity (Wildman–Crippen MR) is 67.4 cm³/mol. The molecule has 100 valence electrons. The summed E-state index contributed by atoms with van der Waals surface area (Å²) >= 11 is 0. The highest BCUT2D eigenvalue weighted by atomic mass is 16.5. The van der Waals surface area contributed by atoms with Crippen molar-refractivity contribution < 1.29 is 9.94 Å². The minimum absolute atomic E-state index is 0.000110. The lowest BCUT2D eigenvalue weighted by Crippen LogP contribution is -2.55. The minimum Gasteiger partial charge on any atom is -0.409 e. The van der Waals surface area contributed by atoms with E-state index in [4.69, 9.17) is 15.7 Å². The summed E-state index contributed by atoms with van der Waals surface area (Å²) in [7, 11) is 1.73. The molecule has 1 rings (SSSR count). The average Bonchev–Trinajstić information content (AvgIpc) is 2.37. The van der Waals surface area contributed by atoms with E-state index in [1.807, 2.05) is 6.92 Å². The molecular formula is C11H24N4O2. The third-order valence-corrected chi connectivity index (χ3v) is 3.47. The van der Waals surface area contributed by atoms with Gasteiger partial charge in [-0.05, 0) is 13.8 Å². The van der Waals surface area contributed by atoms with Crippen LogP contribution in [0.5, 0.6) is 0 Å².